The third-order valence-corrected chi connectivity index (χ3v) is 8.81. The number of hydrogen-bond acceptors (Lipinski definition) is 4. The number of para-hydroxylation sites is 1. The second-order valence-corrected chi connectivity index (χ2v) is 13.4. The summed E-state index contributed by atoms with van der Waals surface area (Å²) in [6, 6.07) is 35.2. The number of aromatic nitrogens is 3. The zero-order valence-corrected chi connectivity index (χ0v) is 30.8. The van der Waals surface area contributed by atoms with Gasteiger partial charge in [0.2, 0.25) is 5.88 Å². The van der Waals surface area contributed by atoms with E-state index < -0.39 is 0 Å². The minimum absolute atomic E-state index is 0. The SMILES string of the molecule is CC(C)C(c1ccnc(Oc2[c-]c(-c3[c-]c4c(cc3)c3ccccc3n4-c3cc(N(C(C)C)C(C)C)ccn3)ccc2)c1)C(C)C.[Pt+2]. The van der Waals surface area contributed by atoms with Gasteiger partial charge in [0.05, 0.1) is 0 Å². The maximum absolute atomic E-state index is 6.29. The largest absolute Gasteiger partial charge is 2.00 e. The van der Waals surface area contributed by atoms with E-state index in [1.807, 2.05) is 24.5 Å². The summed E-state index contributed by atoms with van der Waals surface area (Å²) in [4.78, 5) is 11.8. The van der Waals surface area contributed by atoms with E-state index in [9.17, 15) is 0 Å². The van der Waals surface area contributed by atoms with Crippen LogP contribution in [0.2, 0.25) is 0 Å². The number of fused-ring (bicyclic) bond motifs is 3. The van der Waals surface area contributed by atoms with Crippen molar-refractivity contribution >= 4 is 27.5 Å². The van der Waals surface area contributed by atoms with Crippen molar-refractivity contribution in [1.82, 2.24) is 14.5 Å². The minimum atomic E-state index is 0. The molecule has 5 nitrogen and oxygen atoms in total. The number of ether oxygens (including phenoxy) is 1. The molecule has 3 aromatic heterocycles. The molecule has 6 rings (SSSR count). The van der Waals surface area contributed by atoms with Crippen LogP contribution in [0.4, 0.5) is 5.69 Å². The van der Waals surface area contributed by atoms with Crippen molar-refractivity contribution in [2.24, 2.45) is 11.8 Å². The van der Waals surface area contributed by atoms with Gasteiger partial charge in [-0.1, -0.05) is 51.3 Å². The predicted molar refractivity (Wildman–Crippen MR) is 191 cm³/mol. The Hall–Kier alpha value is -3.95. The Morgan fingerprint density at radius 1 is 0.681 bits per heavy atom. The normalized spacial score (nSPS) is 11.8. The summed E-state index contributed by atoms with van der Waals surface area (Å²) in [7, 11) is 0. The van der Waals surface area contributed by atoms with Crippen molar-refractivity contribution < 1.29 is 25.8 Å². The van der Waals surface area contributed by atoms with Gasteiger partial charge in [-0.3, -0.25) is 0 Å². The number of benzene rings is 3. The van der Waals surface area contributed by atoms with Crippen LogP contribution in [0.5, 0.6) is 11.6 Å². The van der Waals surface area contributed by atoms with Gasteiger partial charge >= 0.3 is 21.1 Å². The molecule has 3 aromatic carbocycles. The van der Waals surface area contributed by atoms with Gasteiger partial charge in [0.15, 0.2) is 0 Å². The summed E-state index contributed by atoms with van der Waals surface area (Å²) in [6.07, 6.45) is 3.76. The Balaban J connectivity index is 0.00000433. The fraction of sp³-hybridized carbons (Fsp3) is 0.317. The van der Waals surface area contributed by atoms with Crippen LogP contribution in [0.3, 0.4) is 0 Å². The van der Waals surface area contributed by atoms with Gasteiger partial charge in [-0.05, 0) is 80.1 Å². The first-order valence-corrected chi connectivity index (χ1v) is 16.5. The number of pyridine rings is 2. The molecule has 0 aliphatic rings. The second kappa shape index (κ2) is 14.4. The second-order valence-electron chi connectivity index (χ2n) is 13.4. The first-order chi connectivity index (χ1) is 22.1. The van der Waals surface area contributed by atoms with Crippen LogP contribution in [-0.4, -0.2) is 26.6 Å². The van der Waals surface area contributed by atoms with Gasteiger partial charge in [-0.15, -0.1) is 18.2 Å². The van der Waals surface area contributed by atoms with Crippen LogP contribution in [0.1, 0.15) is 66.9 Å². The van der Waals surface area contributed by atoms with E-state index in [-0.39, 0.29) is 21.1 Å². The smallest absolute Gasteiger partial charge is 0.460 e. The number of nitrogens with zero attached hydrogens (tertiary/aromatic N) is 4. The molecule has 3 heterocycles. The van der Waals surface area contributed by atoms with E-state index in [4.69, 9.17) is 9.72 Å². The molecule has 0 amide bonds. The van der Waals surface area contributed by atoms with Crippen molar-refractivity contribution in [1.29, 1.82) is 0 Å². The van der Waals surface area contributed by atoms with Crippen molar-refractivity contribution in [2.75, 3.05) is 4.90 Å². The van der Waals surface area contributed by atoms with Crippen molar-refractivity contribution in [2.45, 2.75) is 73.4 Å². The minimum Gasteiger partial charge on any atom is -0.460 e. The number of hydrogen-bond donors (Lipinski definition) is 0. The molecule has 6 heteroatoms. The first kappa shape index (κ1) is 34.4. The Morgan fingerprint density at radius 2 is 1.38 bits per heavy atom. The van der Waals surface area contributed by atoms with E-state index in [1.165, 1.54) is 10.9 Å². The van der Waals surface area contributed by atoms with E-state index >= 15 is 0 Å². The molecule has 0 aliphatic heterocycles. The molecule has 6 aromatic rings. The third kappa shape index (κ3) is 7.02. The molecule has 0 aliphatic carbocycles. The van der Waals surface area contributed by atoms with E-state index in [1.54, 1.807) is 0 Å². The van der Waals surface area contributed by atoms with Crippen molar-refractivity contribution in [3.8, 4) is 28.6 Å². The molecule has 0 atom stereocenters. The molecule has 0 bridgehead atoms. The van der Waals surface area contributed by atoms with Gasteiger partial charge in [-0.2, -0.15) is 24.3 Å². The molecule has 0 saturated carbocycles. The molecule has 244 valence electrons. The quantitative estimate of drug-likeness (QED) is 0.129. The standard InChI is InChI=1S/C41H44N4O.Pt/c1-26(2)41(27(3)4)32-18-20-43-40(24-32)46-34-13-11-12-30(22-34)31-16-17-36-35-14-9-10-15-37(35)45(38(36)23-31)39-25-33(19-21-42-39)44(28(5)6)29(7)8;/h9-21,24-29,41H,1-8H3;/q-2;+2. The zero-order valence-electron chi connectivity index (χ0n) is 28.6. The van der Waals surface area contributed by atoms with Crippen molar-refractivity contribution in [3.05, 3.63) is 109 Å². The van der Waals surface area contributed by atoms with Crippen LogP contribution in [0, 0.1) is 24.0 Å². The van der Waals surface area contributed by atoms with E-state index in [2.05, 4.69) is 149 Å². The summed E-state index contributed by atoms with van der Waals surface area (Å²) in [6.45, 7) is 18.0. The molecule has 0 radical (unpaired) electrons. The Morgan fingerprint density at radius 3 is 2.11 bits per heavy atom. The van der Waals surface area contributed by atoms with Crippen LogP contribution in [0.15, 0.2) is 91.3 Å². The van der Waals surface area contributed by atoms with Gasteiger partial charge in [0.1, 0.15) is 5.82 Å². The topological polar surface area (TPSA) is 43.2 Å². The molecular formula is C41H44N4OPt. The molecule has 0 fully saturated rings. The van der Waals surface area contributed by atoms with E-state index in [0.29, 0.717) is 41.5 Å². The first-order valence-electron chi connectivity index (χ1n) is 16.5. The fourth-order valence-electron chi connectivity index (χ4n) is 7.18. The monoisotopic (exact) mass is 803 g/mol. The molecule has 0 N–H and O–H groups in total. The third-order valence-electron chi connectivity index (χ3n) is 8.81. The maximum Gasteiger partial charge on any atom is 2.00 e. The van der Waals surface area contributed by atoms with Crippen LogP contribution in [-0.2, 0) is 21.1 Å². The zero-order chi connectivity index (χ0) is 32.5. The Labute approximate surface area is 294 Å². The molecule has 47 heavy (non-hydrogen) atoms. The van der Waals surface area contributed by atoms with E-state index in [0.717, 1.165) is 39.1 Å². The summed E-state index contributed by atoms with van der Waals surface area (Å²) >= 11 is 0. The molecular weight excluding hydrogens is 760 g/mol. The van der Waals surface area contributed by atoms with Gasteiger partial charge < -0.3 is 14.2 Å². The number of rotatable bonds is 10. The van der Waals surface area contributed by atoms with Gasteiger partial charge in [0, 0.05) is 53.6 Å². The average molecular weight is 804 g/mol. The molecule has 0 saturated heterocycles. The Kier molecular flexibility index (Phi) is 10.6. The fourth-order valence-corrected chi connectivity index (χ4v) is 7.18. The van der Waals surface area contributed by atoms with Crippen LogP contribution < -0.4 is 9.64 Å². The number of anilines is 1. The Bertz CT molecular complexity index is 1960. The summed E-state index contributed by atoms with van der Waals surface area (Å²) in [5.41, 5.74) is 6.32. The van der Waals surface area contributed by atoms with Crippen molar-refractivity contribution in [3.63, 3.8) is 0 Å². The predicted octanol–water partition coefficient (Wildman–Crippen LogP) is 10.6. The van der Waals surface area contributed by atoms with Crippen LogP contribution in [0.25, 0.3) is 38.8 Å². The molecule has 0 unspecified atom stereocenters. The maximum atomic E-state index is 6.29. The summed E-state index contributed by atoms with van der Waals surface area (Å²) < 4.78 is 8.52. The van der Waals surface area contributed by atoms with Gasteiger partial charge in [0.25, 0.3) is 0 Å². The summed E-state index contributed by atoms with van der Waals surface area (Å²) in [5.74, 6) is 3.55. The van der Waals surface area contributed by atoms with Gasteiger partial charge in [-0.25, -0.2) is 21.1 Å². The summed E-state index contributed by atoms with van der Waals surface area (Å²) in [5, 5.41) is 2.31. The van der Waals surface area contributed by atoms with Crippen LogP contribution >= 0.6 is 0 Å². The molecule has 0 spiro atoms. The average Bonchev–Trinajstić information content (AvgIpc) is 3.34.